The van der Waals surface area contributed by atoms with Crippen molar-refractivity contribution >= 4 is 34.8 Å². The smallest absolute Gasteiger partial charge is 0.0840 e. The van der Waals surface area contributed by atoms with Crippen LogP contribution in [0.25, 0.3) is 0 Å². The third kappa shape index (κ3) is 96.4. The minimum Gasteiger partial charge on any atom is -0.0840 e. The van der Waals surface area contributed by atoms with E-state index < -0.39 is 3.79 Å². The summed E-state index contributed by atoms with van der Waals surface area (Å²) in [6.45, 7) is 1.48. The molecule has 0 aliphatic heterocycles. The molecule has 3 radical (unpaired) electrons. The first-order valence-electron chi connectivity index (χ1n) is 1.07. The first kappa shape index (κ1) is 9.98. The van der Waals surface area contributed by atoms with Gasteiger partial charge in [0.05, 0.1) is 0 Å². The van der Waals surface area contributed by atoms with Gasteiger partial charge in [0, 0.05) is 0 Å². The molecule has 0 heterocycles. The van der Waals surface area contributed by atoms with Crippen molar-refractivity contribution in [1.29, 1.82) is 0 Å². The third-order valence-electron chi connectivity index (χ3n) is 0. The first-order valence-corrected chi connectivity index (χ1v) is 2.20. The maximum Gasteiger partial charge on any atom is 0.187 e. The van der Waals surface area contributed by atoms with E-state index in [4.69, 9.17) is 34.8 Å². The van der Waals surface area contributed by atoms with E-state index in [1.807, 2.05) is 0 Å². The van der Waals surface area contributed by atoms with Crippen molar-refractivity contribution in [3.05, 3.63) is 7.43 Å². The van der Waals surface area contributed by atoms with Gasteiger partial charge in [-0.3, -0.25) is 0 Å². The molecule has 0 aliphatic rings. The van der Waals surface area contributed by atoms with Crippen LogP contribution in [0.15, 0.2) is 0 Å². The van der Waals surface area contributed by atoms with Gasteiger partial charge in [-0.1, -0.05) is 34.8 Å². The van der Waals surface area contributed by atoms with E-state index in [0.29, 0.717) is 0 Å². The van der Waals surface area contributed by atoms with E-state index in [-0.39, 0.29) is 7.43 Å². The summed E-state index contributed by atoms with van der Waals surface area (Å²) >= 11 is 15.2. The molecular formula is C3H4Cl3. The molecule has 0 aromatic carbocycles. The molecule has 0 unspecified atom stereocenters. The van der Waals surface area contributed by atoms with Crippen molar-refractivity contribution in [3.8, 4) is 0 Å². The largest absolute Gasteiger partial charge is 0.187 e. The maximum absolute atomic E-state index is 5.06. The van der Waals surface area contributed by atoms with Gasteiger partial charge in [-0.25, -0.2) is 0 Å². The highest BCUT2D eigenvalue weighted by molar-refractivity contribution is 6.67. The second-order valence-corrected chi connectivity index (χ2v) is 3.63. The van der Waals surface area contributed by atoms with Crippen LogP contribution in [0.3, 0.4) is 0 Å². The predicted molar refractivity (Wildman–Crippen MR) is 30.3 cm³/mol. The highest BCUT2D eigenvalue weighted by atomic mass is 35.6. The van der Waals surface area contributed by atoms with Crippen LogP contribution in [-0.2, 0) is 0 Å². The average Bonchev–Trinajstić information content (AvgIpc) is 0.722. The Hall–Kier alpha value is 0.870. The number of halogens is 3. The summed E-state index contributed by atoms with van der Waals surface area (Å²) in [7, 11) is 0. The summed E-state index contributed by atoms with van der Waals surface area (Å²) in [6.07, 6.45) is 0. The zero-order chi connectivity index (χ0) is 4.50. The highest BCUT2D eigenvalue weighted by Gasteiger charge is 2.07. The van der Waals surface area contributed by atoms with Crippen LogP contribution in [0.4, 0.5) is 0 Å². The van der Waals surface area contributed by atoms with Crippen LogP contribution < -0.4 is 0 Å². The van der Waals surface area contributed by atoms with E-state index >= 15 is 0 Å². The van der Waals surface area contributed by atoms with Gasteiger partial charge < -0.3 is 0 Å². The Morgan fingerprint density at radius 1 is 1.17 bits per heavy atom. The van der Waals surface area contributed by atoms with Crippen molar-refractivity contribution in [1.82, 2.24) is 0 Å². The van der Waals surface area contributed by atoms with Crippen molar-refractivity contribution < 1.29 is 0 Å². The Morgan fingerprint density at radius 3 is 1.17 bits per heavy atom. The van der Waals surface area contributed by atoms with Gasteiger partial charge in [0.2, 0.25) is 0 Å². The second kappa shape index (κ2) is 2.95. The van der Waals surface area contributed by atoms with Crippen LogP contribution in [0, 0.1) is 7.43 Å². The summed E-state index contributed by atoms with van der Waals surface area (Å²) < 4.78 is -1.08. The molecule has 0 fully saturated rings. The molecule has 0 bridgehead atoms. The van der Waals surface area contributed by atoms with E-state index in [1.165, 1.54) is 6.92 Å². The number of hydrogen-bond donors (Lipinski definition) is 0. The fraction of sp³-hybridized carbons (Fsp3) is 0.667. The van der Waals surface area contributed by atoms with Crippen LogP contribution >= 0.6 is 34.8 Å². The topological polar surface area (TPSA) is 0 Å². The van der Waals surface area contributed by atoms with Gasteiger partial charge in [-0.05, 0) is 14.4 Å². The lowest BCUT2D eigenvalue weighted by Gasteiger charge is -1.94. The van der Waals surface area contributed by atoms with Gasteiger partial charge in [0.1, 0.15) is 0 Å². The van der Waals surface area contributed by atoms with E-state index in [0.717, 1.165) is 0 Å². The maximum atomic E-state index is 5.06. The van der Waals surface area contributed by atoms with Crippen molar-refractivity contribution in [2.75, 3.05) is 0 Å². The fourth-order valence-corrected chi connectivity index (χ4v) is 0. The van der Waals surface area contributed by atoms with Crippen LogP contribution in [-0.4, -0.2) is 3.79 Å². The molecule has 0 rings (SSSR count). The molecule has 0 aliphatic carbocycles. The number of hydrogen-bond acceptors (Lipinski definition) is 0. The van der Waals surface area contributed by atoms with Crippen LogP contribution in [0.2, 0.25) is 0 Å². The van der Waals surface area contributed by atoms with Crippen molar-refractivity contribution in [3.63, 3.8) is 0 Å². The SMILES string of the molecule is CC(Cl)(Cl)Cl.[CH]. The summed E-state index contributed by atoms with van der Waals surface area (Å²) in [4.78, 5) is 0. The minimum atomic E-state index is -1.08. The molecule has 0 saturated carbocycles. The lowest BCUT2D eigenvalue weighted by Crippen LogP contribution is -1.87. The summed E-state index contributed by atoms with van der Waals surface area (Å²) in [6, 6.07) is 0. The average molecular weight is 146 g/mol. The third-order valence-corrected chi connectivity index (χ3v) is 0. The summed E-state index contributed by atoms with van der Waals surface area (Å²) in [5.74, 6) is 0. The molecule has 0 N–H and O–H groups in total. The zero-order valence-corrected chi connectivity index (χ0v) is 5.48. The molecule has 0 spiro atoms. The van der Waals surface area contributed by atoms with E-state index in [2.05, 4.69) is 0 Å². The van der Waals surface area contributed by atoms with E-state index in [9.17, 15) is 0 Å². The van der Waals surface area contributed by atoms with Crippen molar-refractivity contribution in [2.45, 2.75) is 10.7 Å². The molecular weight excluding hydrogens is 142 g/mol. The Balaban J connectivity index is 0. The normalized spacial score (nSPS) is 10.0. The van der Waals surface area contributed by atoms with Gasteiger partial charge in [-0.2, -0.15) is 0 Å². The Bertz CT molecular complexity index is 21.5. The Labute approximate surface area is 53.4 Å². The second-order valence-electron chi connectivity index (χ2n) is 0.781. The quantitative estimate of drug-likeness (QED) is 0.461. The molecule has 0 aromatic rings. The summed E-state index contributed by atoms with van der Waals surface area (Å²) in [5.41, 5.74) is 0. The zero-order valence-electron chi connectivity index (χ0n) is 3.21. The van der Waals surface area contributed by atoms with Crippen molar-refractivity contribution in [2.24, 2.45) is 0 Å². The van der Waals surface area contributed by atoms with Gasteiger partial charge in [0.15, 0.2) is 3.79 Å². The summed E-state index contributed by atoms with van der Waals surface area (Å²) in [5, 5.41) is 0. The fourth-order valence-electron chi connectivity index (χ4n) is 0. The molecule has 0 saturated heterocycles. The van der Waals surface area contributed by atoms with Crippen LogP contribution in [0.5, 0.6) is 0 Å². The molecule has 0 atom stereocenters. The lowest BCUT2D eigenvalue weighted by atomic mass is 10.9. The molecule has 3 heteroatoms. The Kier molecular flexibility index (Phi) is 4.91. The van der Waals surface area contributed by atoms with Gasteiger partial charge in [-0.15, -0.1) is 0 Å². The molecule has 37 valence electrons. The monoisotopic (exact) mass is 145 g/mol. The van der Waals surface area contributed by atoms with E-state index in [1.54, 1.807) is 0 Å². The predicted octanol–water partition coefficient (Wildman–Crippen LogP) is 2.58. The standard InChI is InChI=1S/C2H3Cl3.CH/c1-2(3,4)5;/h1H3;1H. The molecule has 0 nitrogen and oxygen atoms in total. The number of alkyl halides is 3. The van der Waals surface area contributed by atoms with Crippen LogP contribution in [0.1, 0.15) is 6.92 Å². The molecule has 6 heavy (non-hydrogen) atoms. The van der Waals surface area contributed by atoms with Gasteiger partial charge >= 0.3 is 0 Å². The van der Waals surface area contributed by atoms with Gasteiger partial charge in [0.25, 0.3) is 0 Å². The number of rotatable bonds is 0. The molecule has 0 amide bonds. The first-order chi connectivity index (χ1) is 2.00. The lowest BCUT2D eigenvalue weighted by molar-refractivity contribution is 1.27. The molecule has 0 aromatic heterocycles. The minimum absolute atomic E-state index is 0. The Morgan fingerprint density at radius 2 is 1.17 bits per heavy atom. The highest BCUT2D eigenvalue weighted by Crippen LogP contribution is 2.23.